The number of nitrogens with one attached hydrogen (secondary N) is 1. The van der Waals surface area contributed by atoms with Crippen molar-refractivity contribution in [1.29, 1.82) is 0 Å². The van der Waals surface area contributed by atoms with Crippen LogP contribution in [0.4, 0.5) is 10.5 Å². The maximum absolute atomic E-state index is 13.6. The van der Waals surface area contributed by atoms with E-state index >= 15 is 0 Å². The first-order valence-electron chi connectivity index (χ1n) is 12.2. The number of benzene rings is 2. The third-order valence-corrected chi connectivity index (χ3v) is 7.18. The molecule has 3 amide bonds. The molecule has 0 spiro atoms. The maximum Gasteiger partial charge on any atom is 0.322 e. The Balaban J connectivity index is 1.76. The number of thiophene rings is 1. The number of carbonyl (C=O) groups excluding carboxylic acids is 2. The molecule has 0 radical (unpaired) electrons. The smallest absolute Gasteiger partial charge is 0.322 e. The van der Waals surface area contributed by atoms with Gasteiger partial charge < -0.3 is 24.6 Å². The fourth-order valence-corrected chi connectivity index (χ4v) is 5.07. The lowest BCUT2D eigenvalue weighted by molar-refractivity contribution is -0.132. The van der Waals surface area contributed by atoms with Crippen LogP contribution in [0.15, 0.2) is 53.9 Å². The van der Waals surface area contributed by atoms with Gasteiger partial charge in [-0.2, -0.15) is 0 Å². The molecule has 1 aromatic heterocycles. The first kappa shape index (κ1) is 29.6. The average molecular weight is 579 g/mol. The third kappa shape index (κ3) is 8.55. The van der Waals surface area contributed by atoms with E-state index in [1.165, 1.54) is 4.90 Å². The Labute approximate surface area is 238 Å². The monoisotopic (exact) mass is 577 g/mol. The largest absolute Gasteiger partial charge is 0.493 e. The molecule has 0 aliphatic rings. The second-order valence-corrected chi connectivity index (χ2v) is 11.0. The molecule has 7 nitrogen and oxygen atoms in total. The van der Waals surface area contributed by atoms with E-state index in [0.29, 0.717) is 53.3 Å². The van der Waals surface area contributed by atoms with Crippen LogP contribution in [0.1, 0.15) is 24.3 Å². The van der Waals surface area contributed by atoms with Crippen molar-refractivity contribution in [2.45, 2.75) is 26.8 Å². The highest BCUT2D eigenvalue weighted by molar-refractivity contribution is 7.09. The minimum atomic E-state index is -0.396. The molecule has 1 N–H and O–H groups in total. The van der Waals surface area contributed by atoms with E-state index in [1.807, 2.05) is 49.6 Å². The lowest BCUT2D eigenvalue weighted by atomic mass is 10.1. The molecule has 0 fully saturated rings. The third-order valence-electron chi connectivity index (χ3n) is 5.77. The number of halogens is 2. The summed E-state index contributed by atoms with van der Waals surface area (Å²) in [4.78, 5) is 31.2. The molecule has 10 heteroatoms. The summed E-state index contributed by atoms with van der Waals surface area (Å²) in [5.74, 6) is 1.31. The Morgan fingerprint density at radius 3 is 2.39 bits per heavy atom. The molecule has 0 bridgehead atoms. The molecule has 3 rings (SSSR count). The topological polar surface area (TPSA) is 71.1 Å². The average Bonchev–Trinajstić information content (AvgIpc) is 3.40. The number of amides is 3. The Kier molecular flexibility index (Phi) is 11.1. The van der Waals surface area contributed by atoms with E-state index < -0.39 is 6.03 Å². The van der Waals surface area contributed by atoms with Crippen LogP contribution in [-0.4, -0.2) is 55.6 Å². The number of carbonyl (C=O) groups is 2. The summed E-state index contributed by atoms with van der Waals surface area (Å²) in [6, 6.07) is 14.2. The lowest BCUT2D eigenvalue weighted by Gasteiger charge is -2.29. The van der Waals surface area contributed by atoms with Crippen LogP contribution in [0.25, 0.3) is 0 Å². The Bertz CT molecular complexity index is 1220. The minimum Gasteiger partial charge on any atom is -0.493 e. The number of ether oxygens (including phenoxy) is 2. The first-order chi connectivity index (χ1) is 18.2. The van der Waals surface area contributed by atoms with Gasteiger partial charge in [-0.05, 0) is 59.7 Å². The lowest BCUT2D eigenvalue weighted by Crippen LogP contribution is -2.46. The summed E-state index contributed by atoms with van der Waals surface area (Å²) in [5, 5.41) is 5.61. The SMILES string of the molecule is COc1ccc(CCN(Cc2cccs2)C(=O)CN(CC(C)C)C(=O)Nc2ccc(Cl)cc2Cl)cc1OC. The molecule has 3 aromatic rings. The zero-order valence-corrected chi connectivity index (χ0v) is 24.3. The summed E-state index contributed by atoms with van der Waals surface area (Å²) in [5.41, 5.74) is 1.45. The van der Waals surface area contributed by atoms with Crippen molar-refractivity contribution < 1.29 is 19.1 Å². The van der Waals surface area contributed by atoms with Gasteiger partial charge in [0.05, 0.1) is 31.5 Å². The highest BCUT2D eigenvalue weighted by atomic mass is 35.5. The van der Waals surface area contributed by atoms with Gasteiger partial charge >= 0.3 is 6.03 Å². The van der Waals surface area contributed by atoms with Crippen LogP contribution in [-0.2, 0) is 17.8 Å². The Morgan fingerprint density at radius 2 is 1.76 bits per heavy atom. The zero-order chi connectivity index (χ0) is 27.7. The summed E-state index contributed by atoms with van der Waals surface area (Å²) < 4.78 is 10.8. The molecule has 1 heterocycles. The van der Waals surface area contributed by atoms with E-state index in [0.717, 1.165) is 10.4 Å². The van der Waals surface area contributed by atoms with Gasteiger partial charge in [0.15, 0.2) is 11.5 Å². The van der Waals surface area contributed by atoms with Crippen LogP contribution in [0.2, 0.25) is 10.0 Å². The molecule has 2 aromatic carbocycles. The van der Waals surface area contributed by atoms with Crippen molar-refractivity contribution in [2.24, 2.45) is 5.92 Å². The van der Waals surface area contributed by atoms with Gasteiger partial charge in [0.1, 0.15) is 6.54 Å². The zero-order valence-electron chi connectivity index (χ0n) is 22.0. The molecule has 38 heavy (non-hydrogen) atoms. The van der Waals surface area contributed by atoms with E-state index in [1.54, 1.807) is 48.7 Å². The highest BCUT2D eigenvalue weighted by Gasteiger charge is 2.23. The molecular weight excluding hydrogens is 545 g/mol. The van der Waals surface area contributed by atoms with Crippen LogP contribution in [0, 0.1) is 5.92 Å². The Morgan fingerprint density at radius 1 is 1.00 bits per heavy atom. The predicted octanol–water partition coefficient (Wildman–Crippen LogP) is 6.83. The van der Waals surface area contributed by atoms with Crippen LogP contribution >= 0.6 is 34.5 Å². The number of hydrogen-bond acceptors (Lipinski definition) is 5. The van der Waals surface area contributed by atoms with Crippen molar-refractivity contribution in [3.63, 3.8) is 0 Å². The second-order valence-electron chi connectivity index (χ2n) is 9.16. The van der Waals surface area contributed by atoms with Gasteiger partial charge in [0.25, 0.3) is 0 Å². The number of hydrogen-bond donors (Lipinski definition) is 1. The second kappa shape index (κ2) is 14.3. The van der Waals surface area contributed by atoms with Gasteiger partial charge in [0.2, 0.25) is 5.91 Å². The van der Waals surface area contributed by atoms with Crippen molar-refractivity contribution in [2.75, 3.05) is 39.2 Å². The van der Waals surface area contributed by atoms with Gasteiger partial charge in [-0.3, -0.25) is 4.79 Å². The molecule has 0 atom stereocenters. The van der Waals surface area contributed by atoms with Crippen molar-refractivity contribution in [1.82, 2.24) is 9.80 Å². The fraction of sp³-hybridized carbons (Fsp3) is 0.357. The highest BCUT2D eigenvalue weighted by Crippen LogP contribution is 2.28. The molecular formula is C28H33Cl2N3O4S. The molecule has 0 saturated carbocycles. The van der Waals surface area contributed by atoms with E-state index in [4.69, 9.17) is 32.7 Å². The summed E-state index contributed by atoms with van der Waals surface area (Å²) in [6.07, 6.45) is 0.619. The molecule has 0 unspecified atom stereocenters. The van der Waals surface area contributed by atoms with E-state index in [-0.39, 0.29) is 18.4 Å². The quantitative estimate of drug-likeness (QED) is 0.256. The minimum absolute atomic E-state index is 0.0630. The van der Waals surface area contributed by atoms with Crippen molar-refractivity contribution in [3.8, 4) is 11.5 Å². The normalized spacial score (nSPS) is 10.8. The maximum atomic E-state index is 13.6. The number of urea groups is 1. The van der Waals surface area contributed by atoms with Crippen molar-refractivity contribution in [3.05, 3.63) is 74.4 Å². The van der Waals surface area contributed by atoms with E-state index in [2.05, 4.69) is 5.32 Å². The predicted molar refractivity (Wildman–Crippen MR) is 155 cm³/mol. The first-order valence-corrected chi connectivity index (χ1v) is 13.9. The van der Waals surface area contributed by atoms with Gasteiger partial charge in [-0.25, -0.2) is 4.79 Å². The summed E-state index contributed by atoms with van der Waals surface area (Å²) in [7, 11) is 3.19. The number of nitrogens with zero attached hydrogens (tertiary/aromatic N) is 2. The van der Waals surface area contributed by atoms with E-state index in [9.17, 15) is 9.59 Å². The number of anilines is 1. The van der Waals surface area contributed by atoms with Gasteiger partial charge in [-0.1, -0.05) is 49.2 Å². The van der Waals surface area contributed by atoms with Crippen LogP contribution in [0.3, 0.4) is 0 Å². The molecule has 0 saturated heterocycles. The van der Waals surface area contributed by atoms with Gasteiger partial charge in [-0.15, -0.1) is 11.3 Å². The molecule has 0 aliphatic carbocycles. The van der Waals surface area contributed by atoms with Crippen LogP contribution < -0.4 is 14.8 Å². The van der Waals surface area contributed by atoms with Crippen LogP contribution in [0.5, 0.6) is 11.5 Å². The summed E-state index contributed by atoms with van der Waals surface area (Å²) >= 11 is 13.8. The van der Waals surface area contributed by atoms with Gasteiger partial charge in [0, 0.05) is 23.0 Å². The molecule has 204 valence electrons. The summed E-state index contributed by atoms with van der Waals surface area (Å²) in [6.45, 7) is 5.29. The van der Waals surface area contributed by atoms with Crippen molar-refractivity contribution >= 4 is 52.2 Å². The number of methoxy groups -OCH3 is 2. The Hall–Kier alpha value is -2.94. The molecule has 0 aliphatic heterocycles. The fourth-order valence-electron chi connectivity index (χ4n) is 3.89. The number of rotatable bonds is 12. The standard InChI is InChI=1S/C28H33Cl2N3O4S/c1-19(2)16-33(28(35)31-24-9-8-21(29)15-23(24)30)18-27(34)32(17-22-6-5-13-38-22)12-11-20-7-10-25(36-3)26(14-20)37-4/h5-10,13-15,19H,11-12,16-18H2,1-4H3,(H,31,35).